The van der Waals surface area contributed by atoms with Crippen molar-refractivity contribution >= 4 is 5.97 Å². The van der Waals surface area contributed by atoms with Crippen molar-refractivity contribution < 1.29 is 18.7 Å². The molecule has 90 valence electrons. The van der Waals surface area contributed by atoms with Crippen LogP contribution in [-0.4, -0.2) is 53.1 Å². The first-order valence-corrected chi connectivity index (χ1v) is 5.55. The highest BCUT2D eigenvalue weighted by molar-refractivity contribution is 5.82. The Bertz CT molecular complexity index is 344. The monoisotopic (exact) mass is 232 g/mol. The van der Waals surface area contributed by atoms with E-state index in [1.165, 1.54) is 0 Å². The third-order valence-corrected chi connectivity index (χ3v) is 4.19. The SMILES string of the molecule is O=C(O)C1(N2C[C@@H]3NCC(F)(F)[C@@H]3C2)CC1. The minimum atomic E-state index is -2.69. The number of nitrogens with one attached hydrogen (secondary N) is 1. The van der Waals surface area contributed by atoms with Crippen LogP contribution in [0.25, 0.3) is 0 Å². The highest BCUT2D eigenvalue weighted by atomic mass is 19.3. The maximum Gasteiger partial charge on any atom is 0.324 e. The number of alkyl halides is 2. The maximum atomic E-state index is 13.4. The Morgan fingerprint density at radius 3 is 2.56 bits per heavy atom. The molecule has 0 unspecified atom stereocenters. The molecule has 0 aromatic rings. The Morgan fingerprint density at radius 2 is 2.06 bits per heavy atom. The van der Waals surface area contributed by atoms with Crippen molar-refractivity contribution in [2.45, 2.75) is 30.3 Å². The first-order chi connectivity index (χ1) is 7.46. The van der Waals surface area contributed by atoms with Gasteiger partial charge in [0.25, 0.3) is 5.92 Å². The molecule has 0 aromatic carbocycles. The van der Waals surface area contributed by atoms with E-state index in [0.29, 0.717) is 19.4 Å². The zero-order chi connectivity index (χ0) is 11.6. The molecule has 0 amide bonds. The maximum absolute atomic E-state index is 13.4. The van der Waals surface area contributed by atoms with Crippen LogP contribution in [0, 0.1) is 5.92 Å². The van der Waals surface area contributed by atoms with Crippen LogP contribution in [-0.2, 0) is 4.79 Å². The number of halogens is 2. The van der Waals surface area contributed by atoms with Crippen molar-refractivity contribution in [3.63, 3.8) is 0 Å². The average Bonchev–Trinajstić information content (AvgIpc) is 2.82. The van der Waals surface area contributed by atoms with Crippen LogP contribution in [0.5, 0.6) is 0 Å². The molecule has 4 nitrogen and oxygen atoms in total. The van der Waals surface area contributed by atoms with Gasteiger partial charge in [-0.2, -0.15) is 0 Å². The second-order valence-electron chi connectivity index (χ2n) is 5.10. The molecule has 3 aliphatic rings. The fraction of sp³-hybridized carbons (Fsp3) is 0.900. The largest absolute Gasteiger partial charge is 0.480 e. The van der Waals surface area contributed by atoms with Gasteiger partial charge in [0, 0.05) is 19.1 Å². The lowest BCUT2D eigenvalue weighted by molar-refractivity contribution is -0.145. The molecule has 0 bridgehead atoms. The molecule has 1 saturated carbocycles. The Morgan fingerprint density at radius 1 is 1.38 bits per heavy atom. The molecule has 6 heteroatoms. The average molecular weight is 232 g/mol. The van der Waals surface area contributed by atoms with E-state index in [4.69, 9.17) is 5.11 Å². The third-order valence-electron chi connectivity index (χ3n) is 4.19. The molecule has 2 N–H and O–H groups in total. The number of hydrogen-bond donors (Lipinski definition) is 2. The molecule has 2 saturated heterocycles. The van der Waals surface area contributed by atoms with Crippen molar-refractivity contribution in [1.29, 1.82) is 0 Å². The van der Waals surface area contributed by atoms with E-state index in [-0.39, 0.29) is 19.1 Å². The van der Waals surface area contributed by atoms with Crippen LogP contribution in [0.15, 0.2) is 0 Å². The third kappa shape index (κ3) is 1.23. The van der Waals surface area contributed by atoms with Crippen LogP contribution >= 0.6 is 0 Å². The summed E-state index contributed by atoms with van der Waals surface area (Å²) in [4.78, 5) is 12.8. The van der Waals surface area contributed by atoms with E-state index in [9.17, 15) is 13.6 Å². The van der Waals surface area contributed by atoms with Gasteiger partial charge >= 0.3 is 5.97 Å². The Hall–Kier alpha value is -0.750. The second-order valence-corrected chi connectivity index (χ2v) is 5.10. The lowest BCUT2D eigenvalue weighted by atomic mass is 10.0. The molecule has 2 aliphatic heterocycles. The molecule has 0 aromatic heterocycles. The minimum absolute atomic E-state index is 0.205. The molecular formula is C10H14F2N2O2. The first-order valence-electron chi connectivity index (χ1n) is 5.55. The fourth-order valence-corrected chi connectivity index (χ4v) is 2.97. The molecular weight excluding hydrogens is 218 g/mol. The smallest absolute Gasteiger partial charge is 0.324 e. The van der Waals surface area contributed by atoms with Crippen LogP contribution in [0.1, 0.15) is 12.8 Å². The van der Waals surface area contributed by atoms with Gasteiger partial charge < -0.3 is 10.4 Å². The van der Waals surface area contributed by atoms with Crippen LogP contribution in [0.4, 0.5) is 8.78 Å². The lowest BCUT2D eigenvalue weighted by Gasteiger charge is -2.25. The van der Waals surface area contributed by atoms with Gasteiger partial charge in [-0.1, -0.05) is 0 Å². The van der Waals surface area contributed by atoms with Gasteiger partial charge in [-0.25, -0.2) is 8.78 Å². The summed E-state index contributed by atoms with van der Waals surface area (Å²) in [6.07, 6.45) is 1.18. The number of carboxylic acids is 1. The van der Waals surface area contributed by atoms with Crippen molar-refractivity contribution in [1.82, 2.24) is 10.2 Å². The van der Waals surface area contributed by atoms with Gasteiger partial charge in [0.05, 0.1) is 12.5 Å². The van der Waals surface area contributed by atoms with E-state index >= 15 is 0 Å². The zero-order valence-electron chi connectivity index (χ0n) is 8.75. The number of fused-ring (bicyclic) bond motifs is 1. The molecule has 16 heavy (non-hydrogen) atoms. The van der Waals surface area contributed by atoms with Gasteiger partial charge in [-0.15, -0.1) is 0 Å². The normalized spacial score (nSPS) is 39.6. The minimum Gasteiger partial charge on any atom is -0.480 e. The van der Waals surface area contributed by atoms with E-state index in [0.717, 1.165) is 0 Å². The highest BCUT2D eigenvalue weighted by Crippen LogP contribution is 2.47. The fourth-order valence-electron chi connectivity index (χ4n) is 2.97. The summed E-state index contributed by atoms with van der Waals surface area (Å²) in [6, 6.07) is -0.244. The predicted molar refractivity (Wildman–Crippen MR) is 51.4 cm³/mol. The van der Waals surface area contributed by atoms with E-state index in [1.54, 1.807) is 4.90 Å². The molecule has 3 fully saturated rings. The van der Waals surface area contributed by atoms with Gasteiger partial charge in [0.1, 0.15) is 5.54 Å². The van der Waals surface area contributed by atoms with E-state index < -0.39 is 23.3 Å². The summed E-state index contributed by atoms with van der Waals surface area (Å²) in [5.74, 6) is -4.27. The number of aliphatic carboxylic acids is 1. The number of likely N-dealkylation sites (tertiary alicyclic amines) is 1. The lowest BCUT2D eigenvalue weighted by Crippen LogP contribution is -2.45. The summed E-state index contributed by atoms with van der Waals surface area (Å²) in [7, 11) is 0. The Labute approximate surface area is 91.6 Å². The summed E-state index contributed by atoms with van der Waals surface area (Å²) in [6.45, 7) is 0.375. The van der Waals surface area contributed by atoms with Gasteiger partial charge in [0.15, 0.2) is 0 Å². The number of carboxylic acid groups (broad SMARTS) is 1. The summed E-state index contributed by atoms with van der Waals surface area (Å²) < 4.78 is 26.9. The number of hydrogen-bond acceptors (Lipinski definition) is 3. The quantitative estimate of drug-likeness (QED) is 0.711. The van der Waals surface area contributed by atoms with Crippen LogP contribution in [0.3, 0.4) is 0 Å². The van der Waals surface area contributed by atoms with Gasteiger partial charge in [-0.05, 0) is 12.8 Å². The van der Waals surface area contributed by atoms with Crippen molar-refractivity contribution in [3.8, 4) is 0 Å². The number of carbonyl (C=O) groups is 1. The topological polar surface area (TPSA) is 52.6 Å². The van der Waals surface area contributed by atoms with Crippen LogP contribution < -0.4 is 5.32 Å². The molecule has 2 atom stereocenters. The summed E-state index contributed by atoms with van der Waals surface area (Å²) in [5.41, 5.74) is -0.831. The number of rotatable bonds is 2. The summed E-state index contributed by atoms with van der Waals surface area (Å²) in [5, 5.41) is 11.9. The van der Waals surface area contributed by atoms with Gasteiger partial charge in [0.2, 0.25) is 0 Å². The molecule has 2 heterocycles. The van der Waals surface area contributed by atoms with Crippen molar-refractivity contribution in [2.75, 3.05) is 19.6 Å². The first kappa shape index (κ1) is 10.4. The predicted octanol–water partition coefficient (Wildman–Crippen LogP) is 0.142. The standard InChI is InChI=1S/C10H14F2N2O2/c11-10(12)5-13-7-4-14(3-6(7)10)9(1-2-9)8(15)16/h6-7,13H,1-5H2,(H,15,16)/t6-,7+/m1/s1. The Balaban J connectivity index is 1.77. The van der Waals surface area contributed by atoms with E-state index in [2.05, 4.69) is 5.32 Å². The van der Waals surface area contributed by atoms with Gasteiger partial charge in [-0.3, -0.25) is 9.69 Å². The van der Waals surface area contributed by atoms with E-state index in [1.807, 2.05) is 0 Å². The van der Waals surface area contributed by atoms with Crippen molar-refractivity contribution in [2.24, 2.45) is 5.92 Å². The Kier molecular flexibility index (Phi) is 1.90. The molecule has 1 aliphatic carbocycles. The van der Waals surface area contributed by atoms with Crippen LogP contribution in [0.2, 0.25) is 0 Å². The zero-order valence-corrected chi connectivity index (χ0v) is 8.75. The molecule has 0 radical (unpaired) electrons. The summed E-state index contributed by atoms with van der Waals surface area (Å²) >= 11 is 0. The molecule has 0 spiro atoms. The number of nitrogens with zero attached hydrogens (tertiary/aromatic N) is 1. The van der Waals surface area contributed by atoms with Crippen molar-refractivity contribution in [3.05, 3.63) is 0 Å². The highest BCUT2D eigenvalue weighted by Gasteiger charge is 2.62. The molecule has 3 rings (SSSR count). The second kappa shape index (κ2) is 2.92.